The summed E-state index contributed by atoms with van der Waals surface area (Å²) in [5.74, 6) is 0. The molecule has 54 valence electrons. The highest BCUT2D eigenvalue weighted by Crippen LogP contribution is 2.16. The fraction of sp³-hybridized carbons (Fsp3) is 0.286. The summed E-state index contributed by atoms with van der Waals surface area (Å²) in [6, 6.07) is 3.66. The SMILES string of the molecule is C[C@@H](N)c1cccnc1Cl. The van der Waals surface area contributed by atoms with Crippen LogP contribution in [0, 0.1) is 0 Å². The minimum Gasteiger partial charge on any atom is -0.324 e. The average Bonchev–Trinajstić information content (AvgIpc) is 1.88. The van der Waals surface area contributed by atoms with E-state index in [2.05, 4.69) is 4.98 Å². The third kappa shape index (κ3) is 1.46. The van der Waals surface area contributed by atoms with Gasteiger partial charge < -0.3 is 5.73 Å². The Hall–Kier alpha value is -0.600. The Labute approximate surface area is 65.0 Å². The molecule has 1 heterocycles. The van der Waals surface area contributed by atoms with Crippen molar-refractivity contribution in [1.82, 2.24) is 4.98 Å². The third-order valence-corrected chi connectivity index (χ3v) is 1.59. The lowest BCUT2D eigenvalue weighted by molar-refractivity contribution is 0.812. The monoisotopic (exact) mass is 156 g/mol. The van der Waals surface area contributed by atoms with E-state index in [-0.39, 0.29) is 6.04 Å². The maximum absolute atomic E-state index is 5.73. The zero-order chi connectivity index (χ0) is 7.56. The average molecular weight is 157 g/mol. The van der Waals surface area contributed by atoms with Gasteiger partial charge in [-0.3, -0.25) is 0 Å². The Bertz CT molecular complexity index is 223. The van der Waals surface area contributed by atoms with Crippen LogP contribution in [0.3, 0.4) is 0 Å². The fourth-order valence-electron chi connectivity index (χ4n) is 0.738. The Balaban J connectivity index is 3.03. The Morgan fingerprint density at radius 1 is 1.70 bits per heavy atom. The second-order valence-corrected chi connectivity index (χ2v) is 2.53. The van der Waals surface area contributed by atoms with E-state index in [0.717, 1.165) is 5.56 Å². The normalized spacial score (nSPS) is 13.1. The second kappa shape index (κ2) is 2.99. The van der Waals surface area contributed by atoms with E-state index in [9.17, 15) is 0 Å². The van der Waals surface area contributed by atoms with Crippen LogP contribution in [0.1, 0.15) is 18.5 Å². The summed E-state index contributed by atoms with van der Waals surface area (Å²) in [4.78, 5) is 3.89. The van der Waals surface area contributed by atoms with Crippen LogP contribution in [0.2, 0.25) is 5.15 Å². The zero-order valence-corrected chi connectivity index (χ0v) is 6.47. The van der Waals surface area contributed by atoms with Crippen LogP contribution in [0.5, 0.6) is 0 Å². The van der Waals surface area contributed by atoms with Crippen molar-refractivity contribution >= 4 is 11.6 Å². The van der Waals surface area contributed by atoms with Crippen LogP contribution in [-0.4, -0.2) is 4.98 Å². The van der Waals surface area contributed by atoms with E-state index in [1.807, 2.05) is 19.1 Å². The number of nitrogens with zero attached hydrogens (tertiary/aromatic N) is 1. The maximum Gasteiger partial charge on any atom is 0.133 e. The highest BCUT2D eigenvalue weighted by atomic mass is 35.5. The fourth-order valence-corrected chi connectivity index (χ4v) is 1.03. The summed E-state index contributed by atoms with van der Waals surface area (Å²) in [6.45, 7) is 1.88. The summed E-state index contributed by atoms with van der Waals surface area (Å²) < 4.78 is 0. The molecule has 1 aromatic rings. The van der Waals surface area contributed by atoms with Crippen molar-refractivity contribution in [1.29, 1.82) is 0 Å². The van der Waals surface area contributed by atoms with Gasteiger partial charge in [0.15, 0.2) is 0 Å². The van der Waals surface area contributed by atoms with Gasteiger partial charge >= 0.3 is 0 Å². The van der Waals surface area contributed by atoms with E-state index in [4.69, 9.17) is 17.3 Å². The van der Waals surface area contributed by atoms with Crippen molar-refractivity contribution in [3.8, 4) is 0 Å². The molecule has 0 unspecified atom stereocenters. The summed E-state index contributed by atoms with van der Waals surface area (Å²) in [5, 5.41) is 0.498. The van der Waals surface area contributed by atoms with Crippen molar-refractivity contribution < 1.29 is 0 Å². The number of hydrogen-bond donors (Lipinski definition) is 1. The van der Waals surface area contributed by atoms with Crippen molar-refractivity contribution in [2.24, 2.45) is 5.73 Å². The number of pyridine rings is 1. The van der Waals surface area contributed by atoms with Crippen LogP contribution in [-0.2, 0) is 0 Å². The number of hydrogen-bond acceptors (Lipinski definition) is 2. The first-order valence-electron chi connectivity index (χ1n) is 3.08. The van der Waals surface area contributed by atoms with E-state index >= 15 is 0 Å². The minimum absolute atomic E-state index is 0.0406. The molecule has 0 saturated heterocycles. The topological polar surface area (TPSA) is 38.9 Å². The molecule has 0 spiro atoms. The lowest BCUT2D eigenvalue weighted by Gasteiger charge is -2.04. The molecule has 0 bridgehead atoms. The van der Waals surface area contributed by atoms with E-state index in [0.29, 0.717) is 5.15 Å². The molecular formula is C7H9ClN2. The molecule has 0 aliphatic rings. The molecule has 0 fully saturated rings. The van der Waals surface area contributed by atoms with Crippen molar-refractivity contribution in [3.63, 3.8) is 0 Å². The first kappa shape index (κ1) is 7.51. The van der Waals surface area contributed by atoms with Crippen molar-refractivity contribution in [2.45, 2.75) is 13.0 Å². The van der Waals surface area contributed by atoms with Crippen LogP contribution in [0.15, 0.2) is 18.3 Å². The minimum atomic E-state index is -0.0406. The number of nitrogens with two attached hydrogens (primary N) is 1. The van der Waals surface area contributed by atoms with Crippen LogP contribution >= 0.6 is 11.6 Å². The van der Waals surface area contributed by atoms with Gasteiger partial charge in [0.2, 0.25) is 0 Å². The van der Waals surface area contributed by atoms with Crippen LogP contribution in [0.25, 0.3) is 0 Å². The van der Waals surface area contributed by atoms with Crippen molar-refractivity contribution in [3.05, 3.63) is 29.0 Å². The summed E-state index contributed by atoms with van der Waals surface area (Å²) >= 11 is 5.73. The third-order valence-electron chi connectivity index (χ3n) is 1.28. The predicted molar refractivity (Wildman–Crippen MR) is 41.8 cm³/mol. The molecule has 2 nitrogen and oxygen atoms in total. The molecule has 0 radical (unpaired) electrons. The first-order chi connectivity index (χ1) is 4.72. The lowest BCUT2D eigenvalue weighted by atomic mass is 10.2. The van der Waals surface area contributed by atoms with Gasteiger partial charge in [0.25, 0.3) is 0 Å². The number of rotatable bonds is 1. The maximum atomic E-state index is 5.73. The van der Waals surface area contributed by atoms with Gasteiger partial charge in [-0.25, -0.2) is 4.98 Å². The zero-order valence-electron chi connectivity index (χ0n) is 5.71. The van der Waals surface area contributed by atoms with Crippen LogP contribution in [0.4, 0.5) is 0 Å². The molecule has 1 rings (SSSR count). The molecule has 0 aliphatic carbocycles. The predicted octanol–water partition coefficient (Wildman–Crippen LogP) is 1.75. The van der Waals surface area contributed by atoms with Gasteiger partial charge in [-0.15, -0.1) is 0 Å². The standard InChI is InChI=1S/C7H9ClN2/c1-5(9)6-3-2-4-10-7(6)8/h2-5H,9H2,1H3/t5-/m1/s1. The van der Waals surface area contributed by atoms with Gasteiger partial charge in [-0.1, -0.05) is 17.7 Å². The van der Waals surface area contributed by atoms with Crippen LogP contribution < -0.4 is 5.73 Å². The molecule has 3 heteroatoms. The number of aromatic nitrogens is 1. The van der Waals surface area contributed by atoms with Crippen molar-refractivity contribution in [2.75, 3.05) is 0 Å². The number of halogens is 1. The quantitative estimate of drug-likeness (QED) is 0.630. The lowest BCUT2D eigenvalue weighted by Crippen LogP contribution is -2.05. The Kier molecular flexibility index (Phi) is 2.25. The molecule has 1 atom stereocenters. The van der Waals surface area contributed by atoms with Gasteiger partial charge in [-0.05, 0) is 13.0 Å². The summed E-state index contributed by atoms with van der Waals surface area (Å²) in [7, 11) is 0. The molecule has 10 heavy (non-hydrogen) atoms. The summed E-state index contributed by atoms with van der Waals surface area (Å²) in [5.41, 5.74) is 6.48. The van der Waals surface area contributed by atoms with E-state index < -0.39 is 0 Å². The molecular weight excluding hydrogens is 148 g/mol. The molecule has 0 amide bonds. The van der Waals surface area contributed by atoms with E-state index in [1.165, 1.54) is 0 Å². The van der Waals surface area contributed by atoms with Gasteiger partial charge in [0.05, 0.1) is 0 Å². The molecule has 2 N–H and O–H groups in total. The molecule has 0 aromatic carbocycles. The second-order valence-electron chi connectivity index (χ2n) is 2.17. The molecule has 0 aliphatic heterocycles. The first-order valence-corrected chi connectivity index (χ1v) is 3.45. The molecule has 0 saturated carbocycles. The Morgan fingerprint density at radius 2 is 2.40 bits per heavy atom. The highest BCUT2D eigenvalue weighted by Gasteiger charge is 2.03. The highest BCUT2D eigenvalue weighted by molar-refractivity contribution is 6.30. The van der Waals surface area contributed by atoms with Gasteiger partial charge in [0.1, 0.15) is 5.15 Å². The van der Waals surface area contributed by atoms with Gasteiger partial charge in [-0.2, -0.15) is 0 Å². The largest absolute Gasteiger partial charge is 0.324 e. The summed E-state index contributed by atoms with van der Waals surface area (Å²) in [6.07, 6.45) is 1.65. The Morgan fingerprint density at radius 3 is 2.80 bits per heavy atom. The molecule has 1 aromatic heterocycles. The van der Waals surface area contributed by atoms with E-state index in [1.54, 1.807) is 6.20 Å². The van der Waals surface area contributed by atoms with Gasteiger partial charge in [0, 0.05) is 17.8 Å². The smallest absolute Gasteiger partial charge is 0.133 e.